The minimum atomic E-state index is -2.49. The molecule has 19 heavy (non-hydrogen) atoms. The minimum absolute atomic E-state index is 0.0431. The molecular weight excluding hydrogens is 274 g/mol. The van der Waals surface area contributed by atoms with E-state index in [4.69, 9.17) is 18.0 Å². The quantitative estimate of drug-likeness (QED) is 0.496. The lowest BCUT2D eigenvalue weighted by Gasteiger charge is -2.09. The van der Waals surface area contributed by atoms with E-state index in [1.54, 1.807) is 13.0 Å². The number of halogens is 2. The van der Waals surface area contributed by atoms with Gasteiger partial charge in [-0.3, -0.25) is 10.1 Å². The Morgan fingerprint density at radius 2 is 2.11 bits per heavy atom. The molecule has 0 fully saturated rings. The second-order valence-corrected chi connectivity index (χ2v) is 4.76. The standard InChI is InChI=1S/C12H14F2N2O2S/c1-7-4-10(16(17)18)8(2-3-11(13)14)5-9(7)6-12(15)19/h4-5,11H,2-3,6H2,1H3,(H2,15,19). The Morgan fingerprint density at radius 1 is 1.47 bits per heavy atom. The number of benzene rings is 1. The number of thiocarbonyl (C=S) groups is 1. The van der Waals surface area contributed by atoms with Crippen molar-refractivity contribution in [1.82, 2.24) is 0 Å². The fraction of sp³-hybridized carbons (Fsp3) is 0.417. The van der Waals surface area contributed by atoms with Crippen LogP contribution >= 0.6 is 12.2 Å². The van der Waals surface area contributed by atoms with Crippen LogP contribution < -0.4 is 5.73 Å². The second kappa shape index (κ2) is 6.51. The van der Waals surface area contributed by atoms with Gasteiger partial charge in [0.2, 0.25) is 6.43 Å². The van der Waals surface area contributed by atoms with Crippen molar-refractivity contribution < 1.29 is 13.7 Å². The highest BCUT2D eigenvalue weighted by Gasteiger charge is 2.18. The highest BCUT2D eigenvalue weighted by atomic mass is 32.1. The Labute approximate surface area is 114 Å². The molecule has 104 valence electrons. The average Bonchev–Trinajstić information content (AvgIpc) is 2.28. The van der Waals surface area contributed by atoms with E-state index >= 15 is 0 Å². The van der Waals surface area contributed by atoms with E-state index in [9.17, 15) is 18.9 Å². The molecule has 1 aromatic carbocycles. The predicted molar refractivity (Wildman–Crippen MR) is 72.6 cm³/mol. The maximum Gasteiger partial charge on any atom is 0.272 e. The smallest absolute Gasteiger partial charge is 0.272 e. The van der Waals surface area contributed by atoms with Gasteiger partial charge in [0.05, 0.1) is 9.91 Å². The van der Waals surface area contributed by atoms with E-state index in [1.807, 2.05) is 0 Å². The van der Waals surface area contributed by atoms with Crippen molar-refractivity contribution in [3.8, 4) is 0 Å². The van der Waals surface area contributed by atoms with Crippen LogP contribution in [0.4, 0.5) is 14.5 Å². The van der Waals surface area contributed by atoms with Crippen molar-refractivity contribution >= 4 is 22.9 Å². The van der Waals surface area contributed by atoms with Crippen LogP contribution in [0.3, 0.4) is 0 Å². The number of hydrogen-bond donors (Lipinski definition) is 1. The van der Waals surface area contributed by atoms with Crippen LogP contribution in [-0.4, -0.2) is 16.3 Å². The van der Waals surface area contributed by atoms with E-state index in [2.05, 4.69) is 0 Å². The summed E-state index contributed by atoms with van der Waals surface area (Å²) in [6.45, 7) is 1.71. The summed E-state index contributed by atoms with van der Waals surface area (Å²) in [5, 5.41) is 10.9. The van der Waals surface area contributed by atoms with Gasteiger partial charge < -0.3 is 5.73 Å². The third-order valence-electron chi connectivity index (χ3n) is 2.73. The number of rotatable bonds is 6. The molecule has 0 amide bonds. The van der Waals surface area contributed by atoms with Crippen LogP contribution in [0, 0.1) is 17.0 Å². The number of nitrogens with two attached hydrogens (primary N) is 1. The van der Waals surface area contributed by atoms with Gasteiger partial charge in [0.15, 0.2) is 0 Å². The SMILES string of the molecule is Cc1cc([N+](=O)[O-])c(CCC(F)F)cc1CC(N)=S. The molecule has 0 aliphatic heterocycles. The highest BCUT2D eigenvalue weighted by Crippen LogP contribution is 2.26. The molecule has 2 N–H and O–H groups in total. The molecule has 0 saturated heterocycles. The summed E-state index contributed by atoms with van der Waals surface area (Å²) in [5.41, 5.74) is 7.02. The lowest BCUT2D eigenvalue weighted by Crippen LogP contribution is -2.13. The summed E-state index contributed by atoms with van der Waals surface area (Å²) in [6.07, 6.45) is -2.63. The van der Waals surface area contributed by atoms with E-state index in [-0.39, 0.29) is 17.1 Å². The van der Waals surface area contributed by atoms with Gasteiger partial charge in [-0.15, -0.1) is 0 Å². The van der Waals surface area contributed by atoms with Gasteiger partial charge in [0.25, 0.3) is 5.69 Å². The van der Waals surface area contributed by atoms with Crippen molar-refractivity contribution in [3.63, 3.8) is 0 Å². The largest absolute Gasteiger partial charge is 0.393 e. The average molecular weight is 288 g/mol. The first-order chi connectivity index (χ1) is 8.81. The van der Waals surface area contributed by atoms with Gasteiger partial charge in [0.1, 0.15) is 0 Å². The maximum absolute atomic E-state index is 12.2. The summed E-state index contributed by atoms with van der Waals surface area (Å²) in [7, 11) is 0. The molecule has 1 rings (SSSR count). The summed E-state index contributed by atoms with van der Waals surface area (Å²) < 4.78 is 24.5. The molecule has 0 bridgehead atoms. The molecule has 0 aliphatic rings. The Bertz CT molecular complexity index is 507. The minimum Gasteiger partial charge on any atom is -0.393 e. The first kappa shape index (κ1) is 15.4. The molecule has 0 unspecified atom stereocenters. The van der Waals surface area contributed by atoms with Gasteiger partial charge in [-0.2, -0.15) is 0 Å². The van der Waals surface area contributed by atoms with Crippen LogP contribution in [0.15, 0.2) is 12.1 Å². The second-order valence-electron chi connectivity index (χ2n) is 4.24. The van der Waals surface area contributed by atoms with E-state index in [0.29, 0.717) is 17.5 Å². The van der Waals surface area contributed by atoms with Crippen molar-refractivity contribution in [3.05, 3.63) is 38.9 Å². The number of nitrogens with zero attached hydrogens (tertiary/aromatic N) is 1. The summed E-state index contributed by atoms with van der Waals surface area (Å²) in [6, 6.07) is 2.93. The molecule has 0 spiro atoms. The molecule has 0 heterocycles. The van der Waals surface area contributed by atoms with Gasteiger partial charge in [-0.25, -0.2) is 8.78 Å². The fourth-order valence-corrected chi connectivity index (χ4v) is 1.96. The van der Waals surface area contributed by atoms with Crippen LogP contribution in [0.1, 0.15) is 23.1 Å². The molecule has 0 saturated carbocycles. The first-order valence-electron chi connectivity index (χ1n) is 5.64. The zero-order valence-corrected chi connectivity index (χ0v) is 11.2. The molecule has 4 nitrogen and oxygen atoms in total. The topological polar surface area (TPSA) is 69.2 Å². The monoisotopic (exact) mass is 288 g/mol. The third kappa shape index (κ3) is 4.51. The number of aryl methyl sites for hydroxylation is 2. The number of alkyl halides is 2. The Morgan fingerprint density at radius 3 is 2.58 bits per heavy atom. The van der Waals surface area contributed by atoms with Gasteiger partial charge in [-0.05, 0) is 30.5 Å². The summed E-state index contributed by atoms with van der Waals surface area (Å²) >= 11 is 4.79. The number of nitro groups is 1. The van der Waals surface area contributed by atoms with Crippen molar-refractivity contribution in [1.29, 1.82) is 0 Å². The van der Waals surface area contributed by atoms with Crippen molar-refractivity contribution in [2.45, 2.75) is 32.6 Å². The van der Waals surface area contributed by atoms with Crippen LogP contribution in [0.2, 0.25) is 0 Å². The molecule has 0 atom stereocenters. The van der Waals surface area contributed by atoms with E-state index < -0.39 is 17.8 Å². The highest BCUT2D eigenvalue weighted by molar-refractivity contribution is 7.80. The van der Waals surface area contributed by atoms with Crippen LogP contribution in [0.5, 0.6) is 0 Å². The Hall–Kier alpha value is -1.63. The molecule has 0 radical (unpaired) electrons. The maximum atomic E-state index is 12.2. The van der Waals surface area contributed by atoms with Crippen LogP contribution in [0.25, 0.3) is 0 Å². The normalized spacial score (nSPS) is 10.7. The lowest BCUT2D eigenvalue weighted by molar-refractivity contribution is -0.385. The summed E-state index contributed by atoms with van der Waals surface area (Å²) in [5.74, 6) is 0. The van der Waals surface area contributed by atoms with Crippen molar-refractivity contribution in [2.24, 2.45) is 5.73 Å². The lowest BCUT2D eigenvalue weighted by atomic mass is 9.98. The van der Waals surface area contributed by atoms with Gasteiger partial charge >= 0.3 is 0 Å². The molecule has 7 heteroatoms. The zero-order chi connectivity index (χ0) is 14.6. The summed E-state index contributed by atoms with van der Waals surface area (Å²) in [4.78, 5) is 10.6. The molecule has 1 aromatic rings. The molecule has 0 aromatic heterocycles. The number of hydrogen-bond acceptors (Lipinski definition) is 3. The fourth-order valence-electron chi connectivity index (χ4n) is 1.80. The first-order valence-corrected chi connectivity index (χ1v) is 6.05. The zero-order valence-electron chi connectivity index (χ0n) is 10.4. The predicted octanol–water partition coefficient (Wildman–Crippen LogP) is 2.93. The van der Waals surface area contributed by atoms with Crippen molar-refractivity contribution in [2.75, 3.05) is 0 Å². The van der Waals surface area contributed by atoms with E-state index in [0.717, 1.165) is 5.56 Å². The van der Waals surface area contributed by atoms with E-state index in [1.165, 1.54) is 6.07 Å². The molecular formula is C12H14F2N2O2S. The Balaban J connectivity index is 3.15. The van der Waals surface area contributed by atoms with Gasteiger partial charge in [-0.1, -0.05) is 12.2 Å². The number of nitro benzene ring substituents is 1. The van der Waals surface area contributed by atoms with Crippen LogP contribution in [-0.2, 0) is 12.8 Å². The van der Waals surface area contributed by atoms with Gasteiger partial charge in [0, 0.05) is 24.5 Å². The Kier molecular flexibility index (Phi) is 5.29. The third-order valence-corrected chi connectivity index (χ3v) is 2.87. The molecule has 0 aliphatic carbocycles.